The molecule has 7 nitrogen and oxygen atoms in total. The van der Waals surface area contributed by atoms with E-state index in [0.29, 0.717) is 23.6 Å². The molecule has 33 heavy (non-hydrogen) atoms. The van der Waals surface area contributed by atoms with E-state index in [1.165, 1.54) is 0 Å². The van der Waals surface area contributed by atoms with E-state index in [0.717, 1.165) is 5.56 Å². The molecule has 0 aliphatic carbocycles. The molecule has 0 saturated carbocycles. The minimum atomic E-state index is -0.592. The largest absolute Gasteiger partial charge is 0.357 e. The van der Waals surface area contributed by atoms with Gasteiger partial charge in [-0.3, -0.25) is 9.59 Å². The SMILES string of the molecule is O=C(Nc1ccccc1)c1ccc(N[C@H](Cc2ccccc2)C(=O)Nc2ccccc2)nn1. The number of carbonyl (C=O) groups is 2. The van der Waals surface area contributed by atoms with Gasteiger partial charge >= 0.3 is 0 Å². The van der Waals surface area contributed by atoms with Crippen molar-refractivity contribution in [2.24, 2.45) is 0 Å². The molecule has 2 amide bonds. The third-order valence-electron chi connectivity index (χ3n) is 4.89. The number of para-hydroxylation sites is 2. The number of rotatable bonds is 8. The molecule has 4 rings (SSSR count). The van der Waals surface area contributed by atoms with E-state index in [9.17, 15) is 9.59 Å². The van der Waals surface area contributed by atoms with Crippen LogP contribution < -0.4 is 16.0 Å². The smallest absolute Gasteiger partial charge is 0.276 e. The molecule has 0 bridgehead atoms. The van der Waals surface area contributed by atoms with Gasteiger partial charge in [-0.15, -0.1) is 10.2 Å². The molecule has 0 unspecified atom stereocenters. The second-order valence-electron chi connectivity index (χ2n) is 7.37. The predicted molar refractivity (Wildman–Crippen MR) is 129 cm³/mol. The summed E-state index contributed by atoms with van der Waals surface area (Å²) in [5.74, 6) is -0.156. The highest BCUT2D eigenvalue weighted by Gasteiger charge is 2.20. The molecule has 3 N–H and O–H groups in total. The lowest BCUT2D eigenvalue weighted by Gasteiger charge is -2.19. The quantitative estimate of drug-likeness (QED) is 0.380. The van der Waals surface area contributed by atoms with Crippen LogP contribution in [0.4, 0.5) is 17.2 Å². The molecule has 0 radical (unpaired) electrons. The fourth-order valence-electron chi connectivity index (χ4n) is 3.24. The first kappa shape index (κ1) is 21.7. The van der Waals surface area contributed by atoms with Gasteiger partial charge in [-0.2, -0.15) is 0 Å². The summed E-state index contributed by atoms with van der Waals surface area (Å²) in [5.41, 5.74) is 2.57. The van der Waals surface area contributed by atoms with Crippen molar-refractivity contribution in [3.8, 4) is 0 Å². The molecule has 164 valence electrons. The Morgan fingerprint density at radius 2 is 1.24 bits per heavy atom. The predicted octanol–water partition coefficient (Wildman–Crippen LogP) is 4.39. The van der Waals surface area contributed by atoms with Crippen LogP contribution >= 0.6 is 0 Å². The highest BCUT2D eigenvalue weighted by molar-refractivity contribution is 6.02. The van der Waals surface area contributed by atoms with Crippen molar-refractivity contribution < 1.29 is 9.59 Å². The van der Waals surface area contributed by atoms with Gasteiger partial charge < -0.3 is 16.0 Å². The van der Waals surface area contributed by atoms with Crippen molar-refractivity contribution in [1.29, 1.82) is 0 Å². The van der Waals surface area contributed by atoms with Gasteiger partial charge in [0.1, 0.15) is 11.9 Å². The first-order valence-corrected chi connectivity index (χ1v) is 10.5. The summed E-state index contributed by atoms with van der Waals surface area (Å²) >= 11 is 0. The maximum absolute atomic E-state index is 13.0. The first-order valence-electron chi connectivity index (χ1n) is 10.5. The zero-order chi connectivity index (χ0) is 22.9. The topological polar surface area (TPSA) is 96.0 Å². The van der Waals surface area contributed by atoms with Crippen molar-refractivity contribution in [1.82, 2.24) is 10.2 Å². The Balaban J connectivity index is 1.46. The van der Waals surface area contributed by atoms with E-state index < -0.39 is 6.04 Å². The summed E-state index contributed by atoms with van der Waals surface area (Å²) in [4.78, 5) is 25.4. The van der Waals surface area contributed by atoms with Crippen LogP contribution in [0, 0.1) is 0 Å². The Morgan fingerprint density at radius 1 is 0.667 bits per heavy atom. The number of benzene rings is 3. The summed E-state index contributed by atoms with van der Waals surface area (Å²) in [6, 6.07) is 30.7. The third-order valence-corrected chi connectivity index (χ3v) is 4.89. The summed E-state index contributed by atoms with van der Waals surface area (Å²) in [6.07, 6.45) is 0.456. The van der Waals surface area contributed by atoms with E-state index in [2.05, 4.69) is 26.1 Å². The standard InChI is InChI=1S/C26H23N5O2/c32-25(27-20-12-6-2-7-13-20)22-16-17-24(31-30-22)29-23(18-19-10-4-1-5-11-19)26(33)28-21-14-8-3-9-15-21/h1-17,23H,18H2,(H,27,32)(H,28,33)(H,29,31)/t23-/m1/s1. The van der Waals surface area contributed by atoms with Crippen LogP contribution in [0.2, 0.25) is 0 Å². The van der Waals surface area contributed by atoms with Crippen LogP contribution in [-0.2, 0) is 11.2 Å². The maximum atomic E-state index is 13.0. The van der Waals surface area contributed by atoms with Crippen molar-refractivity contribution in [3.05, 3.63) is 114 Å². The fraction of sp³-hybridized carbons (Fsp3) is 0.0769. The van der Waals surface area contributed by atoms with E-state index in [4.69, 9.17) is 0 Å². The molecular weight excluding hydrogens is 414 g/mol. The van der Waals surface area contributed by atoms with E-state index in [-0.39, 0.29) is 17.5 Å². The number of hydrogen-bond acceptors (Lipinski definition) is 5. The highest BCUT2D eigenvalue weighted by atomic mass is 16.2. The molecule has 7 heteroatoms. The molecule has 1 atom stereocenters. The minimum absolute atomic E-state index is 0.178. The van der Waals surface area contributed by atoms with E-state index in [1.807, 2.05) is 78.9 Å². The monoisotopic (exact) mass is 437 g/mol. The average molecular weight is 438 g/mol. The van der Waals surface area contributed by atoms with Crippen LogP contribution in [-0.4, -0.2) is 28.1 Å². The summed E-state index contributed by atoms with van der Waals surface area (Å²) in [7, 11) is 0. The van der Waals surface area contributed by atoms with Gasteiger partial charge in [0.05, 0.1) is 0 Å². The third kappa shape index (κ3) is 6.24. The van der Waals surface area contributed by atoms with Crippen molar-refractivity contribution in [2.75, 3.05) is 16.0 Å². The average Bonchev–Trinajstić information content (AvgIpc) is 2.86. The normalized spacial score (nSPS) is 11.3. The summed E-state index contributed by atoms with van der Waals surface area (Å²) in [6.45, 7) is 0. The number of nitrogens with one attached hydrogen (secondary N) is 3. The number of nitrogens with zero attached hydrogens (tertiary/aromatic N) is 2. The van der Waals surface area contributed by atoms with Crippen molar-refractivity contribution in [2.45, 2.75) is 12.5 Å². The van der Waals surface area contributed by atoms with Gasteiger partial charge in [0.15, 0.2) is 5.69 Å². The number of hydrogen-bond donors (Lipinski definition) is 3. The summed E-state index contributed by atoms with van der Waals surface area (Å²) < 4.78 is 0. The molecule has 3 aromatic carbocycles. The first-order chi connectivity index (χ1) is 16.2. The Bertz CT molecular complexity index is 1180. The van der Waals surface area contributed by atoms with Gasteiger partial charge in [-0.25, -0.2) is 0 Å². The second kappa shape index (κ2) is 10.7. The van der Waals surface area contributed by atoms with Crippen LogP contribution in [0.3, 0.4) is 0 Å². The fourth-order valence-corrected chi connectivity index (χ4v) is 3.24. The number of anilines is 3. The Kier molecular flexibility index (Phi) is 7.02. The van der Waals surface area contributed by atoms with Gasteiger partial charge in [0, 0.05) is 17.8 Å². The molecule has 0 aliphatic rings. The Hall–Kier alpha value is -4.52. The molecule has 0 saturated heterocycles. The zero-order valence-electron chi connectivity index (χ0n) is 17.8. The zero-order valence-corrected chi connectivity index (χ0v) is 17.8. The van der Waals surface area contributed by atoms with Crippen LogP contribution in [0.15, 0.2) is 103 Å². The highest BCUT2D eigenvalue weighted by Crippen LogP contribution is 2.13. The van der Waals surface area contributed by atoms with Crippen molar-refractivity contribution >= 4 is 29.0 Å². The van der Waals surface area contributed by atoms with Gasteiger partial charge in [-0.1, -0.05) is 66.7 Å². The van der Waals surface area contributed by atoms with Gasteiger partial charge in [0.2, 0.25) is 5.91 Å². The molecule has 0 spiro atoms. The minimum Gasteiger partial charge on any atom is -0.357 e. The van der Waals surface area contributed by atoms with Crippen molar-refractivity contribution in [3.63, 3.8) is 0 Å². The molecule has 4 aromatic rings. The Labute approximate surface area is 191 Å². The van der Waals surface area contributed by atoms with E-state index in [1.54, 1.807) is 24.3 Å². The Morgan fingerprint density at radius 3 is 1.82 bits per heavy atom. The number of aromatic nitrogens is 2. The van der Waals surface area contributed by atoms with Gasteiger partial charge in [-0.05, 0) is 42.0 Å². The molecule has 0 fully saturated rings. The van der Waals surface area contributed by atoms with Crippen LogP contribution in [0.1, 0.15) is 16.1 Å². The maximum Gasteiger partial charge on any atom is 0.276 e. The molecule has 0 aliphatic heterocycles. The number of amides is 2. The van der Waals surface area contributed by atoms with Gasteiger partial charge in [0.25, 0.3) is 5.91 Å². The molecule has 1 heterocycles. The van der Waals surface area contributed by atoms with Crippen LogP contribution in [0.5, 0.6) is 0 Å². The number of carbonyl (C=O) groups excluding carboxylic acids is 2. The summed E-state index contributed by atoms with van der Waals surface area (Å²) in [5, 5.41) is 17.0. The van der Waals surface area contributed by atoms with Crippen LogP contribution in [0.25, 0.3) is 0 Å². The lowest BCUT2D eigenvalue weighted by molar-refractivity contribution is -0.116. The van der Waals surface area contributed by atoms with E-state index >= 15 is 0 Å². The molecule has 1 aromatic heterocycles. The second-order valence-corrected chi connectivity index (χ2v) is 7.37. The molecular formula is C26H23N5O2. The lowest BCUT2D eigenvalue weighted by atomic mass is 10.1. The lowest BCUT2D eigenvalue weighted by Crippen LogP contribution is -2.37.